The lowest BCUT2D eigenvalue weighted by atomic mass is 9.92. The van der Waals surface area contributed by atoms with Gasteiger partial charge in [-0.3, -0.25) is 20.1 Å². The molecule has 0 spiro atoms. The smallest absolute Gasteiger partial charge is 0.274 e. The van der Waals surface area contributed by atoms with Crippen LogP contribution in [0, 0.1) is 5.41 Å². The molecular formula is C15H17N5O2. The average molecular weight is 299 g/mol. The van der Waals surface area contributed by atoms with Gasteiger partial charge in [-0.15, -0.1) is 0 Å². The van der Waals surface area contributed by atoms with E-state index in [1.807, 2.05) is 11.0 Å². The van der Waals surface area contributed by atoms with Crippen LogP contribution in [0.5, 0.6) is 0 Å². The highest BCUT2D eigenvalue weighted by molar-refractivity contribution is 6.00. The number of nitrogens with one attached hydrogen (secondary N) is 2. The van der Waals surface area contributed by atoms with E-state index in [0.29, 0.717) is 16.5 Å². The third-order valence-corrected chi connectivity index (χ3v) is 4.63. The molecule has 7 nitrogen and oxygen atoms in total. The second kappa shape index (κ2) is 4.46. The maximum Gasteiger partial charge on any atom is 0.274 e. The standard InChI is InChI=1S/C15H17N5O2/c16-13(17)7-20-15(22)11-5-8-4-9-2-1-3-19(9)14(21)10(8)6-12(11)18-20/h5-6,9,18H,1-4,7H2,(H3,16,17). The number of fused-ring (bicyclic) bond motifs is 3. The minimum Gasteiger partial charge on any atom is -0.386 e. The predicted octanol–water partition coefficient (Wildman–Crippen LogP) is 0.426. The lowest BCUT2D eigenvalue weighted by Gasteiger charge is -2.31. The number of H-pyrrole nitrogens is 1. The van der Waals surface area contributed by atoms with E-state index in [2.05, 4.69) is 5.10 Å². The Bertz CT molecular complexity index is 863. The number of amidine groups is 1. The van der Waals surface area contributed by atoms with Crippen molar-refractivity contribution in [3.8, 4) is 0 Å². The molecule has 1 fully saturated rings. The molecule has 3 heterocycles. The summed E-state index contributed by atoms with van der Waals surface area (Å²) in [5, 5.41) is 10.8. The number of aromatic nitrogens is 2. The summed E-state index contributed by atoms with van der Waals surface area (Å²) < 4.78 is 1.31. The van der Waals surface area contributed by atoms with Crippen LogP contribution in [0.4, 0.5) is 0 Å². The van der Waals surface area contributed by atoms with Crippen LogP contribution in [0.1, 0.15) is 28.8 Å². The quantitative estimate of drug-likeness (QED) is 0.552. The minimum absolute atomic E-state index is 0.0286. The van der Waals surface area contributed by atoms with Gasteiger partial charge in [-0.1, -0.05) is 0 Å². The Hall–Kier alpha value is -2.57. The second-order valence-corrected chi connectivity index (χ2v) is 6.08. The van der Waals surface area contributed by atoms with Crippen LogP contribution in [-0.4, -0.2) is 39.0 Å². The summed E-state index contributed by atoms with van der Waals surface area (Å²) in [6.45, 7) is 0.851. The Morgan fingerprint density at radius 2 is 2.23 bits per heavy atom. The second-order valence-electron chi connectivity index (χ2n) is 6.08. The van der Waals surface area contributed by atoms with Gasteiger partial charge in [-0.25, -0.2) is 4.68 Å². The highest BCUT2D eigenvalue weighted by Crippen LogP contribution is 2.31. The van der Waals surface area contributed by atoms with E-state index < -0.39 is 0 Å². The van der Waals surface area contributed by atoms with E-state index in [0.717, 1.165) is 31.4 Å². The van der Waals surface area contributed by atoms with Crippen LogP contribution < -0.4 is 11.3 Å². The summed E-state index contributed by atoms with van der Waals surface area (Å²) in [4.78, 5) is 26.9. The van der Waals surface area contributed by atoms with Crippen LogP contribution in [0.25, 0.3) is 10.9 Å². The fourth-order valence-corrected chi connectivity index (χ4v) is 3.63. The Labute approximate surface area is 126 Å². The van der Waals surface area contributed by atoms with Crippen LogP contribution >= 0.6 is 0 Å². The molecule has 7 heteroatoms. The van der Waals surface area contributed by atoms with Gasteiger partial charge in [0.25, 0.3) is 11.5 Å². The summed E-state index contributed by atoms with van der Waals surface area (Å²) in [7, 11) is 0. The fourth-order valence-electron chi connectivity index (χ4n) is 3.63. The van der Waals surface area contributed by atoms with Gasteiger partial charge in [0.15, 0.2) is 0 Å². The summed E-state index contributed by atoms with van der Waals surface area (Å²) in [5.74, 6) is -0.0269. The van der Waals surface area contributed by atoms with Crippen molar-refractivity contribution in [1.82, 2.24) is 14.7 Å². The summed E-state index contributed by atoms with van der Waals surface area (Å²) in [5.41, 5.74) is 7.42. The van der Waals surface area contributed by atoms with Crippen LogP contribution in [0.15, 0.2) is 16.9 Å². The Balaban J connectivity index is 1.87. The molecule has 1 atom stereocenters. The van der Waals surface area contributed by atoms with E-state index in [9.17, 15) is 9.59 Å². The van der Waals surface area contributed by atoms with Crippen molar-refractivity contribution in [3.63, 3.8) is 0 Å². The number of aromatic amines is 1. The number of benzene rings is 1. The third-order valence-electron chi connectivity index (χ3n) is 4.63. The Kier molecular flexibility index (Phi) is 2.66. The summed E-state index contributed by atoms with van der Waals surface area (Å²) >= 11 is 0. The van der Waals surface area contributed by atoms with Crippen LogP contribution in [-0.2, 0) is 13.0 Å². The average Bonchev–Trinajstić information content (AvgIpc) is 3.04. The first-order valence-electron chi connectivity index (χ1n) is 7.44. The van der Waals surface area contributed by atoms with Crippen LogP contribution in [0.3, 0.4) is 0 Å². The molecule has 1 amide bonds. The van der Waals surface area contributed by atoms with Gasteiger partial charge in [0, 0.05) is 18.2 Å². The largest absolute Gasteiger partial charge is 0.386 e. The van der Waals surface area contributed by atoms with Crippen molar-refractivity contribution in [2.45, 2.75) is 31.8 Å². The Morgan fingerprint density at radius 1 is 1.41 bits per heavy atom. The van der Waals surface area contributed by atoms with E-state index >= 15 is 0 Å². The number of hydrogen-bond acceptors (Lipinski definition) is 3. The van der Waals surface area contributed by atoms with E-state index in [1.54, 1.807) is 6.07 Å². The molecule has 0 saturated carbocycles. The predicted molar refractivity (Wildman–Crippen MR) is 82.2 cm³/mol. The highest BCUT2D eigenvalue weighted by atomic mass is 16.2. The van der Waals surface area contributed by atoms with E-state index in [1.165, 1.54) is 4.68 Å². The zero-order valence-electron chi connectivity index (χ0n) is 12.1. The summed E-state index contributed by atoms with van der Waals surface area (Å²) in [6, 6.07) is 3.86. The molecule has 0 radical (unpaired) electrons. The zero-order valence-corrected chi connectivity index (χ0v) is 12.1. The molecule has 1 saturated heterocycles. The van der Waals surface area contributed by atoms with Gasteiger partial charge < -0.3 is 10.6 Å². The fraction of sp³-hybridized carbons (Fsp3) is 0.400. The molecule has 4 rings (SSSR count). The van der Waals surface area contributed by atoms with Gasteiger partial charge in [0.1, 0.15) is 5.84 Å². The number of carbonyl (C=O) groups excluding carboxylic acids is 1. The lowest BCUT2D eigenvalue weighted by molar-refractivity contribution is 0.0715. The van der Waals surface area contributed by atoms with Crippen LogP contribution in [0.2, 0.25) is 0 Å². The summed E-state index contributed by atoms with van der Waals surface area (Å²) in [6.07, 6.45) is 2.90. The highest BCUT2D eigenvalue weighted by Gasteiger charge is 2.35. The topological polar surface area (TPSA) is 108 Å². The molecule has 0 bridgehead atoms. The molecule has 2 aromatic rings. The number of rotatable bonds is 2. The minimum atomic E-state index is -0.200. The van der Waals surface area contributed by atoms with Crippen molar-refractivity contribution < 1.29 is 4.79 Å². The first-order valence-corrected chi connectivity index (χ1v) is 7.44. The molecule has 2 aliphatic heterocycles. The van der Waals surface area contributed by atoms with Gasteiger partial charge in [-0.2, -0.15) is 0 Å². The normalized spacial score (nSPS) is 20.3. The monoisotopic (exact) mass is 299 g/mol. The molecule has 1 unspecified atom stereocenters. The maximum absolute atomic E-state index is 12.6. The van der Waals surface area contributed by atoms with Crippen molar-refractivity contribution in [2.24, 2.45) is 5.73 Å². The SMILES string of the molecule is N=C(N)Cn1[nH]c2cc3c(cc2c1=O)CC1CCCN1C3=O. The number of nitrogens with two attached hydrogens (primary N) is 1. The molecule has 1 aromatic heterocycles. The van der Waals surface area contributed by atoms with Gasteiger partial charge >= 0.3 is 0 Å². The number of carbonyl (C=O) groups is 1. The molecule has 4 N–H and O–H groups in total. The molecule has 114 valence electrons. The third kappa shape index (κ3) is 1.78. The number of amides is 1. The van der Waals surface area contributed by atoms with Crippen molar-refractivity contribution >= 4 is 22.6 Å². The van der Waals surface area contributed by atoms with Gasteiger partial charge in [-0.05, 0) is 37.0 Å². The first-order chi connectivity index (χ1) is 10.5. The number of hydrogen-bond donors (Lipinski definition) is 3. The van der Waals surface area contributed by atoms with Crippen molar-refractivity contribution in [2.75, 3.05) is 6.54 Å². The maximum atomic E-state index is 12.6. The van der Waals surface area contributed by atoms with E-state index in [-0.39, 0.29) is 29.9 Å². The van der Waals surface area contributed by atoms with Gasteiger partial charge in [0.2, 0.25) is 0 Å². The number of nitrogens with zero attached hydrogens (tertiary/aromatic N) is 2. The van der Waals surface area contributed by atoms with Crippen molar-refractivity contribution in [1.29, 1.82) is 5.41 Å². The molecule has 2 aliphatic rings. The van der Waals surface area contributed by atoms with Crippen molar-refractivity contribution in [3.05, 3.63) is 33.6 Å². The molecule has 0 aliphatic carbocycles. The molecular weight excluding hydrogens is 282 g/mol. The van der Waals surface area contributed by atoms with Gasteiger partial charge in [0.05, 0.1) is 17.4 Å². The molecule has 22 heavy (non-hydrogen) atoms. The lowest BCUT2D eigenvalue weighted by Crippen LogP contribution is -2.41. The zero-order chi connectivity index (χ0) is 15.4. The Morgan fingerprint density at radius 3 is 3.00 bits per heavy atom. The van der Waals surface area contributed by atoms with E-state index in [4.69, 9.17) is 11.1 Å². The molecule has 1 aromatic carbocycles. The first kappa shape index (κ1) is 13.1.